The lowest BCUT2D eigenvalue weighted by molar-refractivity contribution is 0.150. The van der Waals surface area contributed by atoms with Gasteiger partial charge in [-0.2, -0.15) is 0 Å². The van der Waals surface area contributed by atoms with Crippen LogP contribution < -0.4 is 0 Å². The smallest absolute Gasteiger partial charge is 0.0680 e. The van der Waals surface area contributed by atoms with Crippen LogP contribution in [-0.2, 0) is 0 Å². The molecule has 0 aromatic carbocycles. The molecule has 0 aromatic heterocycles. The highest BCUT2D eigenvalue weighted by Gasteiger charge is 2.40. The molecule has 0 bridgehead atoms. The highest BCUT2D eigenvalue weighted by Crippen LogP contribution is 2.44. The van der Waals surface area contributed by atoms with Gasteiger partial charge in [-0.05, 0) is 18.3 Å². The largest absolute Gasteiger partial charge is 0.392 e. The lowest BCUT2D eigenvalue weighted by atomic mass is 10.1. The van der Waals surface area contributed by atoms with Gasteiger partial charge in [-0.1, -0.05) is 13.3 Å². The number of rotatable bonds is 3. The lowest BCUT2D eigenvalue weighted by Gasteiger charge is -2.03. The topological polar surface area (TPSA) is 20.2 Å². The van der Waals surface area contributed by atoms with Crippen LogP contribution in [-0.4, -0.2) is 11.2 Å². The lowest BCUT2D eigenvalue weighted by Crippen LogP contribution is -2.08. The molecule has 0 amide bonds. The summed E-state index contributed by atoms with van der Waals surface area (Å²) >= 11 is 0. The van der Waals surface area contributed by atoms with Gasteiger partial charge in [0.2, 0.25) is 0 Å². The molecule has 0 spiro atoms. The predicted molar refractivity (Wildman–Crippen MR) is 41.3 cm³/mol. The molecule has 1 nitrogen and oxygen atoms in total. The zero-order chi connectivity index (χ0) is 7.56. The number of aliphatic hydroxyl groups excluding tert-OH is 1. The van der Waals surface area contributed by atoms with E-state index in [0.29, 0.717) is 12.3 Å². The van der Waals surface area contributed by atoms with Gasteiger partial charge in [0.1, 0.15) is 0 Å². The second-order valence-electron chi connectivity index (χ2n) is 3.04. The molecule has 1 heteroatoms. The Morgan fingerprint density at radius 2 is 2.50 bits per heavy atom. The predicted octanol–water partition coefficient (Wildman–Crippen LogP) is 1.42. The van der Waals surface area contributed by atoms with Gasteiger partial charge in [0.15, 0.2) is 0 Å². The van der Waals surface area contributed by atoms with E-state index >= 15 is 0 Å². The van der Waals surface area contributed by atoms with Gasteiger partial charge in [0.05, 0.1) is 6.10 Å². The van der Waals surface area contributed by atoms with Crippen molar-refractivity contribution < 1.29 is 5.11 Å². The van der Waals surface area contributed by atoms with E-state index in [-0.39, 0.29) is 6.10 Å². The number of hydrogen-bond acceptors (Lipinski definition) is 1. The van der Waals surface area contributed by atoms with Gasteiger partial charge >= 0.3 is 0 Å². The average molecular weight is 138 g/mol. The number of aliphatic hydroxyl groups is 1. The molecule has 0 aliphatic heterocycles. The van der Waals surface area contributed by atoms with Crippen molar-refractivity contribution in [3.8, 4) is 12.3 Å². The van der Waals surface area contributed by atoms with Crippen molar-refractivity contribution >= 4 is 0 Å². The summed E-state index contributed by atoms with van der Waals surface area (Å²) in [6, 6.07) is 0. The van der Waals surface area contributed by atoms with Crippen molar-refractivity contribution in [3.63, 3.8) is 0 Å². The fourth-order valence-electron chi connectivity index (χ4n) is 1.48. The minimum Gasteiger partial charge on any atom is -0.392 e. The van der Waals surface area contributed by atoms with Crippen LogP contribution in [0, 0.1) is 24.2 Å². The molecule has 1 aliphatic carbocycles. The Morgan fingerprint density at radius 1 is 1.80 bits per heavy atom. The van der Waals surface area contributed by atoms with Crippen LogP contribution in [0.25, 0.3) is 0 Å². The van der Waals surface area contributed by atoms with Crippen LogP contribution in [0.1, 0.15) is 26.2 Å². The molecule has 1 saturated carbocycles. The standard InChI is InChI=1S/C9H14O/c1-3-5-9(10)8-6-7(8)4-2/h1,7-10H,4-6H2,2H3/t7-,8-,9?/m1/s1. The molecule has 1 fully saturated rings. The van der Waals surface area contributed by atoms with Crippen LogP contribution >= 0.6 is 0 Å². The van der Waals surface area contributed by atoms with Crippen molar-refractivity contribution in [1.29, 1.82) is 0 Å². The Bertz CT molecular complexity index is 145. The second-order valence-corrected chi connectivity index (χ2v) is 3.04. The maximum absolute atomic E-state index is 9.35. The van der Waals surface area contributed by atoms with E-state index in [0.717, 1.165) is 5.92 Å². The highest BCUT2D eigenvalue weighted by atomic mass is 16.3. The van der Waals surface area contributed by atoms with Crippen molar-refractivity contribution in [2.45, 2.75) is 32.3 Å². The molecule has 1 rings (SSSR count). The van der Waals surface area contributed by atoms with Crippen LogP contribution in [0.2, 0.25) is 0 Å². The second kappa shape index (κ2) is 3.07. The van der Waals surface area contributed by atoms with Gasteiger partial charge in [-0.15, -0.1) is 12.3 Å². The van der Waals surface area contributed by atoms with E-state index in [9.17, 15) is 5.11 Å². The third-order valence-corrected chi connectivity index (χ3v) is 2.32. The first-order valence-electron chi connectivity index (χ1n) is 3.91. The Morgan fingerprint density at radius 3 is 2.90 bits per heavy atom. The van der Waals surface area contributed by atoms with Crippen LogP contribution in [0.4, 0.5) is 0 Å². The summed E-state index contributed by atoms with van der Waals surface area (Å²) in [4.78, 5) is 0. The van der Waals surface area contributed by atoms with E-state index in [2.05, 4.69) is 12.8 Å². The van der Waals surface area contributed by atoms with Gasteiger partial charge in [0.25, 0.3) is 0 Å². The molecule has 56 valence electrons. The number of terminal acetylenes is 1. The number of hydrogen-bond donors (Lipinski definition) is 1. The summed E-state index contributed by atoms with van der Waals surface area (Å²) in [7, 11) is 0. The third kappa shape index (κ3) is 1.52. The van der Waals surface area contributed by atoms with Crippen LogP contribution in [0.3, 0.4) is 0 Å². The Labute approximate surface area is 62.4 Å². The average Bonchev–Trinajstić information content (AvgIpc) is 2.66. The Balaban J connectivity index is 2.20. The summed E-state index contributed by atoms with van der Waals surface area (Å²) in [6.45, 7) is 2.16. The normalized spacial score (nSPS) is 32.9. The quantitative estimate of drug-likeness (QED) is 0.585. The highest BCUT2D eigenvalue weighted by molar-refractivity contribution is 4.96. The van der Waals surface area contributed by atoms with Crippen LogP contribution in [0.5, 0.6) is 0 Å². The molecule has 1 N–H and O–H groups in total. The molecule has 0 aromatic rings. The van der Waals surface area contributed by atoms with E-state index in [4.69, 9.17) is 6.42 Å². The summed E-state index contributed by atoms with van der Waals surface area (Å²) < 4.78 is 0. The van der Waals surface area contributed by atoms with Gasteiger partial charge in [0, 0.05) is 6.42 Å². The van der Waals surface area contributed by atoms with E-state index in [1.165, 1.54) is 12.8 Å². The van der Waals surface area contributed by atoms with Crippen molar-refractivity contribution in [1.82, 2.24) is 0 Å². The van der Waals surface area contributed by atoms with Gasteiger partial charge in [-0.25, -0.2) is 0 Å². The summed E-state index contributed by atoms with van der Waals surface area (Å²) in [5, 5.41) is 9.35. The molecule has 3 atom stereocenters. The van der Waals surface area contributed by atoms with E-state index in [1.807, 2.05) is 0 Å². The van der Waals surface area contributed by atoms with Crippen molar-refractivity contribution in [2.24, 2.45) is 11.8 Å². The molecule has 1 aliphatic rings. The third-order valence-electron chi connectivity index (χ3n) is 2.32. The van der Waals surface area contributed by atoms with E-state index in [1.54, 1.807) is 0 Å². The maximum atomic E-state index is 9.35. The summed E-state index contributed by atoms with van der Waals surface area (Å²) in [5.41, 5.74) is 0. The fourth-order valence-corrected chi connectivity index (χ4v) is 1.48. The molecule has 0 heterocycles. The zero-order valence-corrected chi connectivity index (χ0v) is 6.38. The first-order chi connectivity index (χ1) is 4.79. The first kappa shape index (κ1) is 7.63. The minimum atomic E-state index is -0.227. The summed E-state index contributed by atoms with van der Waals surface area (Å²) in [5.74, 6) is 3.75. The first-order valence-corrected chi connectivity index (χ1v) is 3.91. The van der Waals surface area contributed by atoms with Crippen molar-refractivity contribution in [2.75, 3.05) is 0 Å². The van der Waals surface area contributed by atoms with E-state index < -0.39 is 0 Å². The zero-order valence-electron chi connectivity index (χ0n) is 6.38. The maximum Gasteiger partial charge on any atom is 0.0680 e. The fraction of sp³-hybridized carbons (Fsp3) is 0.778. The van der Waals surface area contributed by atoms with Gasteiger partial charge in [-0.3, -0.25) is 0 Å². The molecule has 1 unspecified atom stereocenters. The Hall–Kier alpha value is -0.480. The van der Waals surface area contributed by atoms with Crippen LogP contribution in [0.15, 0.2) is 0 Å². The molecule has 0 saturated heterocycles. The minimum absolute atomic E-state index is 0.227. The molecule has 0 radical (unpaired) electrons. The SMILES string of the molecule is C#CCC(O)[C@@H]1C[C@H]1CC. The molecular formula is C9H14O. The van der Waals surface area contributed by atoms with Gasteiger partial charge < -0.3 is 5.11 Å². The van der Waals surface area contributed by atoms with Crippen molar-refractivity contribution in [3.05, 3.63) is 0 Å². The summed E-state index contributed by atoms with van der Waals surface area (Å²) in [6.07, 6.45) is 7.74. The monoisotopic (exact) mass is 138 g/mol. The molecule has 10 heavy (non-hydrogen) atoms. The molecular weight excluding hydrogens is 124 g/mol. The Kier molecular flexibility index (Phi) is 2.34.